The van der Waals surface area contributed by atoms with Crippen LogP contribution in [0.25, 0.3) is 0 Å². The van der Waals surface area contributed by atoms with Crippen LogP contribution in [0.1, 0.15) is 37.9 Å². The van der Waals surface area contributed by atoms with E-state index in [4.69, 9.17) is 4.52 Å². The van der Waals surface area contributed by atoms with Crippen LogP contribution in [0, 0.1) is 24.2 Å². The molecule has 3 heterocycles. The molecule has 1 unspecified atom stereocenters. The Labute approximate surface area is 147 Å². The fourth-order valence-electron chi connectivity index (χ4n) is 4.41. The molecule has 0 aromatic carbocycles. The summed E-state index contributed by atoms with van der Waals surface area (Å²) in [6, 6.07) is 1.71. The van der Waals surface area contributed by atoms with Crippen LogP contribution in [0.2, 0.25) is 0 Å². The number of hydrogen-bond acceptors (Lipinski definition) is 5. The minimum Gasteiger partial charge on any atom is -0.360 e. The fourth-order valence-corrected chi connectivity index (χ4v) is 4.41. The minimum absolute atomic E-state index is 0.0263. The van der Waals surface area contributed by atoms with Crippen molar-refractivity contribution < 1.29 is 14.1 Å². The van der Waals surface area contributed by atoms with E-state index in [0.29, 0.717) is 30.6 Å². The van der Waals surface area contributed by atoms with Gasteiger partial charge in [0.05, 0.1) is 0 Å². The molecule has 2 N–H and O–H groups in total. The van der Waals surface area contributed by atoms with Gasteiger partial charge >= 0.3 is 0 Å². The van der Waals surface area contributed by atoms with E-state index in [0.717, 1.165) is 45.2 Å². The van der Waals surface area contributed by atoms with E-state index < -0.39 is 0 Å². The number of aryl methyl sites for hydroxylation is 1. The number of amides is 2. The van der Waals surface area contributed by atoms with Crippen molar-refractivity contribution in [1.29, 1.82) is 0 Å². The van der Waals surface area contributed by atoms with Crippen LogP contribution in [0.5, 0.6) is 0 Å². The number of aromatic nitrogens is 1. The summed E-state index contributed by atoms with van der Waals surface area (Å²) in [4.78, 5) is 27.1. The summed E-state index contributed by atoms with van der Waals surface area (Å²) < 4.78 is 4.97. The Morgan fingerprint density at radius 3 is 2.68 bits per heavy atom. The van der Waals surface area contributed by atoms with E-state index >= 15 is 0 Å². The number of piperidine rings is 2. The van der Waals surface area contributed by atoms with Gasteiger partial charge in [0.1, 0.15) is 5.76 Å². The van der Waals surface area contributed by atoms with E-state index in [1.165, 1.54) is 0 Å². The molecule has 0 radical (unpaired) electrons. The molecule has 25 heavy (non-hydrogen) atoms. The zero-order valence-electron chi connectivity index (χ0n) is 14.7. The van der Waals surface area contributed by atoms with Crippen LogP contribution in [-0.4, -0.2) is 48.0 Å². The van der Waals surface area contributed by atoms with E-state index in [1.54, 1.807) is 13.0 Å². The highest BCUT2D eigenvalue weighted by molar-refractivity contribution is 5.92. The zero-order valence-corrected chi connectivity index (χ0v) is 14.7. The second-order valence-electron chi connectivity index (χ2n) is 7.78. The summed E-state index contributed by atoms with van der Waals surface area (Å²) >= 11 is 0. The van der Waals surface area contributed by atoms with Gasteiger partial charge < -0.3 is 20.1 Å². The number of carbonyl (C=O) groups is 2. The van der Waals surface area contributed by atoms with Crippen molar-refractivity contribution in [2.75, 3.05) is 31.5 Å². The summed E-state index contributed by atoms with van der Waals surface area (Å²) in [6.07, 6.45) is 4.74. The third-order valence-electron chi connectivity index (χ3n) is 6.14. The number of nitrogens with one attached hydrogen (secondary N) is 2. The van der Waals surface area contributed by atoms with Crippen molar-refractivity contribution in [3.63, 3.8) is 0 Å². The van der Waals surface area contributed by atoms with Gasteiger partial charge in [0.15, 0.2) is 5.82 Å². The zero-order chi connectivity index (χ0) is 17.4. The SMILES string of the molecule is Cc1cc(NC(=O)C2CCN(C(=O)C3CC34CCNCC4)CC2)no1. The maximum absolute atomic E-state index is 12.8. The molecule has 1 aromatic rings. The first-order valence-corrected chi connectivity index (χ1v) is 9.31. The van der Waals surface area contributed by atoms with Crippen molar-refractivity contribution in [2.24, 2.45) is 17.3 Å². The Bertz CT molecular complexity index is 657. The largest absolute Gasteiger partial charge is 0.360 e. The van der Waals surface area contributed by atoms with Crippen molar-refractivity contribution in [1.82, 2.24) is 15.4 Å². The summed E-state index contributed by atoms with van der Waals surface area (Å²) in [6.45, 7) is 5.22. The molecule has 1 atom stereocenters. The molecule has 1 aromatic heterocycles. The number of nitrogens with zero attached hydrogens (tertiary/aromatic N) is 2. The number of likely N-dealkylation sites (tertiary alicyclic amines) is 1. The topological polar surface area (TPSA) is 87.5 Å². The Balaban J connectivity index is 1.27. The predicted molar refractivity (Wildman–Crippen MR) is 91.8 cm³/mol. The van der Waals surface area contributed by atoms with Gasteiger partial charge in [0.2, 0.25) is 11.8 Å². The molecule has 2 aliphatic heterocycles. The lowest BCUT2D eigenvalue weighted by molar-refractivity contribution is -0.136. The van der Waals surface area contributed by atoms with Gasteiger partial charge in [-0.25, -0.2) is 0 Å². The van der Waals surface area contributed by atoms with Gasteiger partial charge in [-0.05, 0) is 57.5 Å². The van der Waals surface area contributed by atoms with Gasteiger partial charge in [-0.15, -0.1) is 0 Å². The third-order valence-corrected chi connectivity index (χ3v) is 6.14. The second kappa shape index (κ2) is 6.44. The molecule has 4 rings (SSSR count). The molecular weight excluding hydrogens is 320 g/mol. The molecule has 2 amide bonds. The normalized spacial score (nSPS) is 25.8. The van der Waals surface area contributed by atoms with Crippen LogP contribution in [0.3, 0.4) is 0 Å². The molecule has 136 valence electrons. The maximum atomic E-state index is 12.8. The summed E-state index contributed by atoms with van der Waals surface area (Å²) in [5, 5.41) is 9.98. The molecule has 3 aliphatic rings. The molecule has 2 saturated heterocycles. The minimum atomic E-state index is -0.0619. The smallest absolute Gasteiger partial charge is 0.228 e. The van der Waals surface area contributed by atoms with Crippen LogP contribution in [0.15, 0.2) is 10.6 Å². The third kappa shape index (κ3) is 3.29. The fraction of sp³-hybridized carbons (Fsp3) is 0.722. The monoisotopic (exact) mass is 346 g/mol. The average molecular weight is 346 g/mol. The van der Waals surface area contributed by atoms with Gasteiger partial charge in [-0.3, -0.25) is 9.59 Å². The number of carbonyl (C=O) groups excluding carboxylic acids is 2. The lowest BCUT2D eigenvalue weighted by Crippen LogP contribution is -2.43. The lowest BCUT2D eigenvalue weighted by atomic mass is 9.90. The maximum Gasteiger partial charge on any atom is 0.228 e. The summed E-state index contributed by atoms with van der Waals surface area (Å²) in [5.41, 5.74) is 0.279. The first-order chi connectivity index (χ1) is 12.1. The predicted octanol–water partition coefficient (Wildman–Crippen LogP) is 1.55. The van der Waals surface area contributed by atoms with Crippen molar-refractivity contribution in [2.45, 2.75) is 39.0 Å². The van der Waals surface area contributed by atoms with Crippen LogP contribution in [-0.2, 0) is 9.59 Å². The molecule has 0 bridgehead atoms. The van der Waals surface area contributed by atoms with Gasteiger partial charge in [-0.1, -0.05) is 5.16 Å². The van der Waals surface area contributed by atoms with Crippen LogP contribution >= 0.6 is 0 Å². The molecule has 3 fully saturated rings. The van der Waals surface area contributed by atoms with Crippen molar-refractivity contribution in [3.8, 4) is 0 Å². The van der Waals surface area contributed by atoms with Gasteiger partial charge in [0.25, 0.3) is 0 Å². The highest BCUT2D eigenvalue weighted by Gasteiger charge is 2.58. The Kier molecular flexibility index (Phi) is 4.27. The molecule has 7 heteroatoms. The number of rotatable bonds is 3. The van der Waals surface area contributed by atoms with Crippen LogP contribution in [0.4, 0.5) is 5.82 Å². The first kappa shape index (κ1) is 16.6. The second-order valence-corrected chi connectivity index (χ2v) is 7.78. The molecule has 1 aliphatic carbocycles. The Morgan fingerprint density at radius 1 is 1.32 bits per heavy atom. The van der Waals surface area contributed by atoms with Gasteiger partial charge in [-0.2, -0.15) is 0 Å². The number of anilines is 1. The Morgan fingerprint density at radius 2 is 2.04 bits per heavy atom. The van der Waals surface area contributed by atoms with E-state index in [2.05, 4.69) is 15.8 Å². The van der Waals surface area contributed by atoms with E-state index in [9.17, 15) is 9.59 Å². The summed E-state index contributed by atoms with van der Waals surface area (Å²) in [5.74, 6) is 1.58. The quantitative estimate of drug-likeness (QED) is 0.867. The van der Waals surface area contributed by atoms with Crippen molar-refractivity contribution in [3.05, 3.63) is 11.8 Å². The lowest BCUT2D eigenvalue weighted by Gasteiger charge is -2.32. The Hall–Kier alpha value is -1.89. The van der Waals surface area contributed by atoms with E-state index in [-0.39, 0.29) is 23.2 Å². The van der Waals surface area contributed by atoms with E-state index in [1.807, 2.05) is 4.90 Å². The van der Waals surface area contributed by atoms with Crippen molar-refractivity contribution >= 4 is 17.6 Å². The van der Waals surface area contributed by atoms with Crippen LogP contribution < -0.4 is 10.6 Å². The standard InChI is InChI=1S/C18H26N4O3/c1-12-10-15(21-25-12)20-16(23)13-2-8-22(9-3-13)17(24)14-11-18(14)4-6-19-7-5-18/h10,13-14,19H,2-9,11H2,1H3,(H,20,21,23). The molecule has 7 nitrogen and oxygen atoms in total. The number of hydrogen-bond donors (Lipinski definition) is 2. The molecule has 1 spiro atoms. The van der Waals surface area contributed by atoms with Gasteiger partial charge in [0, 0.05) is 31.0 Å². The molecular formula is C18H26N4O3. The molecule has 1 saturated carbocycles. The highest BCUT2D eigenvalue weighted by atomic mass is 16.5. The first-order valence-electron chi connectivity index (χ1n) is 9.31. The summed E-state index contributed by atoms with van der Waals surface area (Å²) in [7, 11) is 0. The highest BCUT2D eigenvalue weighted by Crippen LogP contribution is 2.59. The average Bonchev–Trinajstić information content (AvgIpc) is 3.15.